The van der Waals surface area contributed by atoms with E-state index in [9.17, 15) is 19.5 Å². The number of nitrogens with one attached hydrogen (secondary N) is 1. The fraction of sp³-hybridized carbons (Fsp3) is 0.345. The fourth-order valence-electron chi connectivity index (χ4n) is 3.92. The van der Waals surface area contributed by atoms with Crippen LogP contribution in [0.1, 0.15) is 67.7 Å². The highest BCUT2D eigenvalue weighted by molar-refractivity contribution is 5.95. The van der Waals surface area contributed by atoms with Crippen molar-refractivity contribution in [2.45, 2.75) is 65.6 Å². The SMILES string of the molecule is CCCCc1ccc(CNC(=O)OC(C)(C)C)c(=O)n1Cc1ccc(-c2ccccc2C(=O)O)cc1. The first-order valence-corrected chi connectivity index (χ1v) is 12.2. The van der Waals surface area contributed by atoms with Gasteiger partial charge in [0.15, 0.2) is 0 Å². The lowest BCUT2D eigenvalue weighted by atomic mass is 9.98. The summed E-state index contributed by atoms with van der Waals surface area (Å²) >= 11 is 0. The highest BCUT2D eigenvalue weighted by Gasteiger charge is 2.17. The Balaban J connectivity index is 1.86. The molecular weight excluding hydrogens is 456 g/mol. The number of pyridine rings is 1. The summed E-state index contributed by atoms with van der Waals surface area (Å²) in [6.07, 6.45) is 2.17. The summed E-state index contributed by atoms with van der Waals surface area (Å²) in [5, 5.41) is 12.2. The number of carboxylic acids is 1. The minimum atomic E-state index is -0.974. The number of aromatic nitrogens is 1. The number of amides is 1. The fourth-order valence-corrected chi connectivity index (χ4v) is 3.92. The van der Waals surface area contributed by atoms with Gasteiger partial charge in [0.2, 0.25) is 0 Å². The van der Waals surface area contributed by atoms with Gasteiger partial charge in [-0.3, -0.25) is 4.79 Å². The van der Waals surface area contributed by atoms with Crippen LogP contribution in [0.4, 0.5) is 4.79 Å². The number of rotatable bonds is 9. The van der Waals surface area contributed by atoms with Gasteiger partial charge in [-0.15, -0.1) is 0 Å². The standard InChI is InChI=1S/C29H34N2O5/c1-5-6-9-23-17-16-22(18-30-28(35)36-29(2,3)4)26(32)31(23)19-20-12-14-21(15-13-20)24-10-7-8-11-25(24)27(33)34/h7-8,10-17H,5-6,9,18-19H2,1-4H3,(H,30,35)(H,33,34). The molecule has 3 rings (SSSR count). The number of ether oxygens (including phenoxy) is 1. The predicted octanol–water partition coefficient (Wildman–Crippen LogP) is 5.63. The number of alkyl carbamates (subject to hydrolysis) is 1. The molecule has 0 aliphatic heterocycles. The van der Waals surface area contributed by atoms with Crippen molar-refractivity contribution in [1.29, 1.82) is 0 Å². The molecule has 2 aromatic carbocycles. The van der Waals surface area contributed by atoms with Crippen molar-refractivity contribution >= 4 is 12.1 Å². The second kappa shape index (κ2) is 11.7. The van der Waals surface area contributed by atoms with Crippen LogP contribution in [0, 0.1) is 0 Å². The second-order valence-corrected chi connectivity index (χ2v) is 9.75. The van der Waals surface area contributed by atoms with Gasteiger partial charge < -0.3 is 19.7 Å². The number of nitrogens with zero attached hydrogens (tertiary/aromatic N) is 1. The summed E-state index contributed by atoms with van der Waals surface area (Å²) in [4.78, 5) is 37.0. The predicted molar refractivity (Wildman–Crippen MR) is 140 cm³/mol. The number of carboxylic acid groups (broad SMARTS) is 1. The third-order valence-corrected chi connectivity index (χ3v) is 5.72. The molecule has 3 aromatic rings. The maximum absolute atomic E-state index is 13.4. The summed E-state index contributed by atoms with van der Waals surface area (Å²) in [7, 11) is 0. The van der Waals surface area contributed by atoms with Crippen LogP contribution in [0.2, 0.25) is 0 Å². The third-order valence-electron chi connectivity index (χ3n) is 5.72. The van der Waals surface area contributed by atoms with Crippen molar-refractivity contribution in [3.8, 4) is 11.1 Å². The Bertz CT molecular complexity index is 1270. The van der Waals surface area contributed by atoms with E-state index in [1.54, 1.807) is 49.6 Å². The van der Waals surface area contributed by atoms with Gasteiger partial charge in [0.25, 0.3) is 5.56 Å². The van der Waals surface area contributed by atoms with Crippen molar-refractivity contribution in [3.63, 3.8) is 0 Å². The van der Waals surface area contributed by atoms with Crippen LogP contribution in [-0.2, 0) is 24.2 Å². The summed E-state index contributed by atoms with van der Waals surface area (Å²) in [5.74, 6) is -0.974. The number of aromatic carboxylic acids is 1. The largest absolute Gasteiger partial charge is 0.478 e. The van der Waals surface area contributed by atoms with Crippen LogP contribution in [0.25, 0.3) is 11.1 Å². The molecule has 0 unspecified atom stereocenters. The Morgan fingerprint density at radius 2 is 1.69 bits per heavy atom. The van der Waals surface area contributed by atoms with Crippen LogP contribution in [0.3, 0.4) is 0 Å². The normalized spacial score (nSPS) is 11.2. The van der Waals surface area contributed by atoms with Crippen LogP contribution in [-0.4, -0.2) is 27.3 Å². The topological polar surface area (TPSA) is 97.6 Å². The number of benzene rings is 2. The molecular formula is C29H34N2O5. The number of hydrogen-bond acceptors (Lipinski definition) is 4. The molecule has 7 nitrogen and oxygen atoms in total. The summed E-state index contributed by atoms with van der Waals surface area (Å²) < 4.78 is 7.03. The lowest BCUT2D eigenvalue weighted by Crippen LogP contribution is -2.35. The van der Waals surface area contributed by atoms with Gasteiger partial charge in [-0.1, -0.05) is 55.8 Å². The summed E-state index contributed by atoms with van der Waals surface area (Å²) in [6, 6.07) is 18.2. The zero-order valence-corrected chi connectivity index (χ0v) is 21.3. The van der Waals surface area contributed by atoms with E-state index >= 15 is 0 Å². The molecule has 0 saturated heterocycles. The molecule has 7 heteroatoms. The van der Waals surface area contributed by atoms with E-state index in [-0.39, 0.29) is 17.7 Å². The minimum Gasteiger partial charge on any atom is -0.478 e. The molecule has 0 aliphatic rings. The average molecular weight is 491 g/mol. The van der Waals surface area contributed by atoms with Gasteiger partial charge in [0.05, 0.1) is 18.7 Å². The van der Waals surface area contributed by atoms with Gasteiger partial charge >= 0.3 is 12.1 Å². The zero-order valence-electron chi connectivity index (χ0n) is 21.3. The Labute approximate surface area is 211 Å². The molecule has 0 atom stereocenters. The summed E-state index contributed by atoms with van der Waals surface area (Å²) in [6.45, 7) is 7.91. The Hall–Kier alpha value is -3.87. The van der Waals surface area contributed by atoms with Crippen molar-refractivity contribution in [1.82, 2.24) is 9.88 Å². The Kier molecular flexibility index (Phi) is 8.69. The maximum Gasteiger partial charge on any atom is 0.407 e. The zero-order chi connectivity index (χ0) is 26.3. The van der Waals surface area contributed by atoms with Gasteiger partial charge in [-0.25, -0.2) is 9.59 Å². The first-order valence-electron chi connectivity index (χ1n) is 12.2. The number of carbonyl (C=O) groups is 2. The van der Waals surface area contributed by atoms with Gasteiger partial charge in [0.1, 0.15) is 5.60 Å². The van der Waals surface area contributed by atoms with Gasteiger partial charge in [-0.2, -0.15) is 0 Å². The molecule has 36 heavy (non-hydrogen) atoms. The number of aryl methyl sites for hydroxylation is 1. The van der Waals surface area contributed by atoms with Crippen molar-refractivity contribution < 1.29 is 19.4 Å². The Morgan fingerprint density at radius 3 is 2.33 bits per heavy atom. The van der Waals surface area contributed by atoms with Crippen molar-refractivity contribution in [3.05, 3.63) is 93.4 Å². The molecule has 1 heterocycles. The van der Waals surface area contributed by atoms with Crippen LogP contribution in [0.15, 0.2) is 65.5 Å². The van der Waals surface area contributed by atoms with Crippen LogP contribution in [0.5, 0.6) is 0 Å². The van der Waals surface area contributed by atoms with E-state index in [2.05, 4.69) is 12.2 Å². The maximum atomic E-state index is 13.4. The van der Waals surface area contributed by atoms with Gasteiger partial charge in [0, 0.05) is 11.3 Å². The molecule has 0 bridgehead atoms. The number of unbranched alkanes of at least 4 members (excludes halogenated alkanes) is 1. The molecule has 1 amide bonds. The molecule has 2 N–H and O–H groups in total. The summed E-state index contributed by atoms with van der Waals surface area (Å²) in [5.41, 5.74) is 3.25. The molecule has 0 fully saturated rings. The monoisotopic (exact) mass is 490 g/mol. The second-order valence-electron chi connectivity index (χ2n) is 9.75. The molecule has 0 aliphatic carbocycles. The van der Waals surface area contributed by atoms with E-state index in [0.29, 0.717) is 17.7 Å². The van der Waals surface area contributed by atoms with E-state index in [1.807, 2.05) is 36.4 Å². The third kappa shape index (κ3) is 7.07. The average Bonchev–Trinajstić information content (AvgIpc) is 2.83. The van der Waals surface area contributed by atoms with Gasteiger partial charge in [-0.05, 0) is 68.5 Å². The highest BCUT2D eigenvalue weighted by Crippen LogP contribution is 2.24. The van der Waals surface area contributed by atoms with Crippen molar-refractivity contribution in [2.75, 3.05) is 0 Å². The smallest absolute Gasteiger partial charge is 0.407 e. The quantitative estimate of drug-likeness (QED) is 0.405. The molecule has 0 spiro atoms. The van der Waals surface area contributed by atoms with E-state index in [4.69, 9.17) is 4.74 Å². The molecule has 190 valence electrons. The van der Waals surface area contributed by atoms with E-state index < -0.39 is 17.7 Å². The highest BCUT2D eigenvalue weighted by atomic mass is 16.6. The van der Waals surface area contributed by atoms with Crippen LogP contribution < -0.4 is 10.9 Å². The Morgan fingerprint density at radius 1 is 1.00 bits per heavy atom. The van der Waals surface area contributed by atoms with Crippen molar-refractivity contribution in [2.24, 2.45) is 0 Å². The molecule has 1 aromatic heterocycles. The molecule has 0 radical (unpaired) electrons. The van der Waals surface area contributed by atoms with E-state index in [0.717, 1.165) is 36.1 Å². The first kappa shape index (κ1) is 26.7. The lowest BCUT2D eigenvalue weighted by molar-refractivity contribution is 0.0522. The molecule has 0 saturated carbocycles. The van der Waals surface area contributed by atoms with Crippen LogP contribution >= 0.6 is 0 Å². The lowest BCUT2D eigenvalue weighted by Gasteiger charge is -2.20. The number of carbonyl (C=O) groups excluding carboxylic acids is 1. The van der Waals surface area contributed by atoms with E-state index in [1.165, 1.54) is 0 Å². The minimum absolute atomic E-state index is 0.0761. The number of hydrogen-bond donors (Lipinski definition) is 2. The first-order chi connectivity index (χ1) is 17.1.